The van der Waals surface area contributed by atoms with Crippen LogP contribution in [0.2, 0.25) is 0 Å². The Morgan fingerprint density at radius 3 is 2.75 bits per heavy atom. The first kappa shape index (κ1) is 12.6. The van der Waals surface area contributed by atoms with Crippen molar-refractivity contribution in [3.05, 3.63) is 29.3 Å². The van der Waals surface area contributed by atoms with Gasteiger partial charge in [-0.2, -0.15) is 0 Å². The fraction of sp³-hybridized carbons (Fsp3) is 0.462. The summed E-state index contributed by atoms with van der Waals surface area (Å²) in [4.78, 5) is 11.0. The SMILES string of the molecule is CCC(=O)NCCOc1ccc(C)cc1C. The van der Waals surface area contributed by atoms with Crippen LogP contribution in [0, 0.1) is 13.8 Å². The van der Waals surface area contributed by atoms with Gasteiger partial charge in [-0.15, -0.1) is 0 Å². The smallest absolute Gasteiger partial charge is 0.219 e. The van der Waals surface area contributed by atoms with Crippen molar-refractivity contribution >= 4 is 5.91 Å². The van der Waals surface area contributed by atoms with E-state index in [0.29, 0.717) is 19.6 Å². The molecule has 0 aromatic heterocycles. The second-order valence-electron chi connectivity index (χ2n) is 3.82. The first-order valence-electron chi connectivity index (χ1n) is 5.60. The van der Waals surface area contributed by atoms with Gasteiger partial charge in [0.1, 0.15) is 12.4 Å². The van der Waals surface area contributed by atoms with E-state index in [1.807, 2.05) is 26.0 Å². The molecular weight excluding hydrogens is 202 g/mol. The molecule has 1 aromatic rings. The van der Waals surface area contributed by atoms with Crippen molar-refractivity contribution in [2.45, 2.75) is 27.2 Å². The summed E-state index contributed by atoms with van der Waals surface area (Å²) in [5.74, 6) is 0.945. The van der Waals surface area contributed by atoms with Crippen LogP contribution in [0.5, 0.6) is 5.75 Å². The van der Waals surface area contributed by atoms with E-state index in [1.54, 1.807) is 0 Å². The van der Waals surface area contributed by atoms with Crippen LogP contribution in [0.1, 0.15) is 24.5 Å². The Morgan fingerprint density at radius 1 is 1.38 bits per heavy atom. The number of amides is 1. The first-order chi connectivity index (χ1) is 7.63. The zero-order chi connectivity index (χ0) is 12.0. The molecule has 1 aromatic carbocycles. The fourth-order valence-corrected chi connectivity index (χ4v) is 1.44. The molecular formula is C13H19NO2. The van der Waals surface area contributed by atoms with Gasteiger partial charge in [-0.1, -0.05) is 24.6 Å². The van der Waals surface area contributed by atoms with Gasteiger partial charge in [0.25, 0.3) is 0 Å². The van der Waals surface area contributed by atoms with Crippen molar-refractivity contribution in [3.8, 4) is 5.75 Å². The first-order valence-corrected chi connectivity index (χ1v) is 5.60. The Morgan fingerprint density at radius 2 is 2.12 bits per heavy atom. The summed E-state index contributed by atoms with van der Waals surface area (Å²) in [5, 5.41) is 2.77. The van der Waals surface area contributed by atoms with E-state index in [0.717, 1.165) is 11.3 Å². The van der Waals surface area contributed by atoms with Crippen molar-refractivity contribution in [1.29, 1.82) is 0 Å². The molecule has 0 atom stereocenters. The van der Waals surface area contributed by atoms with Crippen LogP contribution in [-0.2, 0) is 4.79 Å². The number of hydrogen-bond donors (Lipinski definition) is 1. The van der Waals surface area contributed by atoms with Crippen LogP contribution in [0.15, 0.2) is 18.2 Å². The van der Waals surface area contributed by atoms with Crippen molar-refractivity contribution < 1.29 is 9.53 Å². The molecule has 0 saturated carbocycles. The Labute approximate surface area is 96.8 Å². The van der Waals surface area contributed by atoms with Gasteiger partial charge in [0.15, 0.2) is 0 Å². The lowest BCUT2D eigenvalue weighted by atomic mass is 10.1. The molecule has 3 heteroatoms. The highest BCUT2D eigenvalue weighted by Crippen LogP contribution is 2.18. The standard InChI is InChI=1S/C13H19NO2/c1-4-13(15)14-7-8-16-12-6-5-10(2)9-11(12)3/h5-6,9H,4,7-8H2,1-3H3,(H,14,15). The average molecular weight is 221 g/mol. The molecule has 0 spiro atoms. The molecule has 3 nitrogen and oxygen atoms in total. The highest BCUT2D eigenvalue weighted by molar-refractivity contribution is 5.75. The summed E-state index contributed by atoms with van der Waals surface area (Å²) in [7, 11) is 0. The maximum Gasteiger partial charge on any atom is 0.219 e. The average Bonchev–Trinajstić information content (AvgIpc) is 2.26. The highest BCUT2D eigenvalue weighted by Gasteiger charge is 2.00. The van der Waals surface area contributed by atoms with Gasteiger partial charge in [0.05, 0.1) is 6.54 Å². The topological polar surface area (TPSA) is 38.3 Å². The molecule has 0 aliphatic carbocycles. The summed E-state index contributed by atoms with van der Waals surface area (Å²) in [6.45, 7) is 6.97. The number of hydrogen-bond acceptors (Lipinski definition) is 2. The summed E-state index contributed by atoms with van der Waals surface area (Å²) in [5.41, 5.74) is 2.35. The lowest BCUT2D eigenvalue weighted by Gasteiger charge is -2.10. The van der Waals surface area contributed by atoms with Gasteiger partial charge in [0, 0.05) is 6.42 Å². The summed E-state index contributed by atoms with van der Waals surface area (Å²) < 4.78 is 5.57. The number of carbonyl (C=O) groups is 1. The fourth-order valence-electron chi connectivity index (χ4n) is 1.44. The molecule has 0 aliphatic heterocycles. The van der Waals surface area contributed by atoms with Crippen LogP contribution in [0.4, 0.5) is 0 Å². The van der Waals surface area contributed by atoms with Crippen LogP contribution in [-0.4, -0.2) is 19.1 Å². The molecule has 16 heavy (non-hydrogen) atoms. The van der Waals surface area contributed by atoms with E-state index in [2.05, 4.69) is 18.3 Å². The third kappa shape index (κ3) is 3.93. The Balaban J connectivity index is 2.35. The molecule has 0 unspecified atom stereocenters. The molecule has 1 rings (SSSR count). The van der Waals surface area contributed by atoms with Crippen molar-refractivity contribution in [3.63, 3.8) is 0 Å². The Kier molecular flexibility index (Phi) is 4.83. The predicted molar refractivity (Wildman–Crippen MR) is 64.7 cm³/mol. The number of benzene rings is 1. The molecule has 1 N–H and O–H groups in total. The maximum absolute atomic E-state index is 11.0. The largest absolute Gasteiger partial charge is 0.491 e. The number of rotatable bonds is 5. The van der Waals surface area contributed by atoms with Crippen molar-refractivity contribution in [2.75, 3.05) is 13.2 Å². The van der Waals surface area contributed by atoms with Crippen molar-refractivity contribution in [2.24, 2.45) is 0 Å². The molecule has 0 bridgehead atoms. The van der Waals surface area contributed by atoms with Crippen LogP contribution in [0.3, 0.4) is 0 Å². The van der Waals surface area contributed by atoms with Gasteiger partial charge < -0.3 is 10.1 Å². The predicted octanol–water partition coefficient (Wildman–Crippen LogP) is 2.21. The van der Waals surface area contributed by atoms with E-state index in [1.165, 1.54) is 5.56 Å². The lowest BCUT2D eigenvalue weighted by molar-refractivity contribution is -0.120. The minimum atomic E-state index is 0.0595. The second-order valence-corrected chi connectivity index (χ2v) is 3.82. The number of ether oxygens (including phenoxy) is 1. The van der Waals surface area contributed by atoms with Crippen LogP contribution >= 0.6 is 0 Å². The lowest BCUT2D eigenvalue weighted by Crippen LogP contribution is -2.27. The molecule has 1 amide bonds. The van der Waals surface area contributed by atoms with Gasteiger partial charge in [-0.05, 0) is 25.5 Å². The minimum Gasteiger partial charge on any atom is -0.491 e. The third-order valence-corrected chi connectivity index (χ3v) is 2.33. The van der Waals surface area contributed by atoms with E-state index in [4.69, 9.17) is 4.74 Å². The summed E-state index contributed by atoms with van der Waals surface area (Å²) >= 11 is 0. The van der Waals surface area contributed by atoms with Gasteiger partial charge in [-0.3, -0.25) is 4.79 Å². The van der Waals surface area contributed by atoms with Crippen LogP contribution in [0.25, 0.3) is 0 Å². The summed E-state index contributed by atoms with van der Waals surface area (Å²) in [6, 6.07) is 6.07. The highest BCUT2D eigenvalue weighted by atomic mass is 16.5. The molecule has 0 aliphatic rings. The minimum absolute atomic E-state index is 0.0595. The molecule has 0 radical (unpaired) electrons. The number of carbonyl (C=O) groups excluding carboxylic acids is 1. The molecule has 0 heterocycles. The Hall–Kier alpha value is -1.51. The number of nitrogens with one attached hydrogen (secondary N) is 1. The van der Waals surface area contributed by atoms with Gasteiger partial charge in [-0.25, -0.2) is 0 Å². The van der Waals surface area contributed by atoms with Gasteiger partial charge in [0.2, 0.25) is 5.91 Å². The third-order valence-electron chi connectivity index (χ3n) is 2.33. The maximum atomic E-state index is 11.0. The monoisotopic (exact) mass is 221 g/mol. The molecule has 0 fully saturated rings. The van der Waals surface area contributed by atoms with E-state index in [-0.39, 0.29) is 5.91 Å². The second kappa shape index (κ2) is 6.16. The van der Waals surface area contributed by atoms with Crippen molar-refractivity contribution in [1.82, 2.24) is 5.32 Å². The Bertz CT molecular complexity index is 361. The van der Waals surface area contributed by atoms with E-state index >= 15 is 0 Å². The quantitative estimate of drug-likeness (QED) is 0.774. The van der Waals surface area contributed by atoms with E-state index < -0.39 is 0 Å². The van der Waals surface area contributed by atoms with Crippen LogP contribution < -0.4 is 10.1 Å². The van der Waals surface area contributed by atoms with Gasteiger partial charge >= 0.3 is 0 Å². The molecule has 88 valence electrons. The number of aryl methyl sites for hydroxylation is 2. The normalized spacial score (nSPS) is 9.94. The zero-order valence-corrected chi connectivity index (χ0v) is 10.2. The summed E-state index contributed by atoms with van der Waals surface area (Å²) in [6.07, 6.45) is 0.517. The van der Waals surface area contributed by atoms with E-state index in [9.17, 15) is 4.79 Å². The zero-order valence-electron chi connectivity index (χ0n) is 10.2. The molecule has 0 saturated heterocycles.